The van der Waals surface area contributed by atoms with Crippen LogP contribution in [-0.2, 0) is 9.84 Å². The van der Waals surface area contributed by atoms with Gasteiger partial charge < -0.3 is 5.32 Å². The Morgan fingerprint density at radius 3 is 1.75 bits per heavy atom. The molecule has 0 aromatic carbocycles. The van der Waals surface area contributed by atoms with Crippen LogP contribution in [0, 0.1) is 5.92 Å². The second-order valence-electron chi connectivity index (χ2n) is 6.05. The van der Waals surface area contributed by atoms with E-state index in [-0.39, 0.29) is 22.0 Å². The minimum atomic E-state index is -3.02. The largest absolute Gasteiger partial charge is 0.311 e. The molecule has 1 N–H and O–H groups in total. The molecule has 0 spiro atoms. The molecule has 0 aliphatic carbocycles. The van der Waals surface area contributed by atoms with E-state index in [0.29, 0.717) is 6.54 Å². The van der Waals surface area contributed by atoms with Gasteiger partial charge in [0.15, 0.2) is 9.84 Å². The second-order valence-corrected chi connectivity index (χ2v) is 8.78. The molecule has 0 aromatic rings. The van der Waals surface area contributed by atoms with Crippen LogP contribution in [-0.4, -0.2) is 31.0 Å². The van der Waals surface area contributed by atoms with Crippen molar-refractivity contribution in [1.82, 2.24) is 5.32 Å². The molecule has 0 saturated carbocycles. The zero-order valence-corrected chi connectivity index (χ0v) is 12.5. The molecular weight excluding hydrogens is 222 g/mol. The van der Waals surface area contributed by atoms with Crippen LogP contribution in [0.15, 0.2) is 0 Å². The van der Waals surface area contributed by atoms with Gasteiger partial charge in [-0.15, -0.1) is 0 Å². The van der Waals surface area contributed by atoms with Crippen molar-refractivity contribution in [2.45, 2.75) is 64.5 Å². The van der Waals surface area contributed by atoms with Gasteiger partial charge in [0.2, 0.25) is 0 Å². The van der Waals surface area contributed by atoms with Gasteiger partial charge in [-0.1, -0.05) is 13.8 Å². The molecule has 3 nitrogen and oxygen atoms in total. The summed E-state index contributed by atoms with van der Waals surface area (Å²) >= 11 is 0. The van der Waals surface area contributed by atoms with Crippen LogP contribution in [0.2, 0.25) is 0 Å². The highest BCUT2D eigenvalue weighted by molar-refractivity contribution is 7.92. The summed E-state index contributed by atoms with van der Waals surface area (Å²) in [4.78, 5) is 0. The van der Waals surface area contributed by atoms with Crippen LogP contribution in [0.1, 0.15) is 48.5 Å². The molecule has 0 aromatic heterocycles. The normalized spacial score (nSPS) is 15.8. The summed E-state index contributed by atoms with van der Waals surface area (Å²) in [6.45, 7) is 14.1. The summed E-state index contributed by atoms with van der Waals surface area (Å²) in [6.07, 6.45) is 0. The minimum Gasteiger partial charge on any atom is -0.311 e. The molecule has 98 valence electrons. The Kier molecular flexibility index (Phi) is 5.47. The van der Waals surface area contributed by atoms with E-state index >= 15 is 0 Å². The molecule has 0 aliphatic heterocycles. The fourth-order valence-corrected chi connectivity index (χ4v) is 3.26. The SMILES string of the molecule is CC(C)C(CNC(C)(C)C)S(=O)(=O)C(C)C. The topological polar surface area (TPSA) is 46.2 Å². The van der Waals surface area contributed by atoms with E-state index in [2.05, 4.69) is 5.32 Å². The van der Waals surface area contributed by atoms with Crippen molar-refractivity contribution in [3.05, 3.63) is 0 Å². The molecule has 16 heavy (non-hydrogen) atoms. The van der Waals surface area contributed by atoms with Crippen molar-refractivity contribution in [3.8, 4) is 0 Å². The fraction of sp³-hybridized carbons (Fsp3) is 1.00. The maximum Gasteiger partial charge on any atom is 0.156 e. The molecular formula is C12H27NO2S. The van der Waals surface area contributed by atoms with Gasteiger partial charge in [0, 0.05) is 12.1 Å². The predicted octanol–water partition coefficient (Wildman–Crippen LogP) is 2.22. The van der Waals surface area contributed by atoms with E-state index < -0.39 is 9.84 Å². The molecule has 0 heterocycles. The summed E-state index contributed by atoms with van der Waals surface area (Å²) in [7, 11) is -3.02. The summed E-state index contributed by atoms with van der Waals surface area (Å²) in [5, 5.41) is 2.68. The van der Waals surface area contributed by atoms with Gasteiger partial charge in [-0.25, -0.2) is 8.42 Å². The number of hydrogen-bond acceptors (Lipinski definition) is 3. The minimum absolute atomic E-state index is 0.0420. The number of rotatable bonds is 5. The van der Waals surface area contributed by atoms with Crippen LogP contribution < -0.4 is 5.32 Å². The lowest BCUT2D eigenvalue weighted by molar-refractivity contribution is 0.399. The Morgan fingerprint density at radius 2 is 1.50 bits per heavy atom. The Hall–Kier alpha value is -0.0900. The molecule has 4 heteroatoms. The van der Waals surface area contributed by atoms with Crippen molar-refractivity contribution < 1.29 is 8.42 Å². The molecule has 0 aliphatic rings. The lowest BCUT2D eigenvalue weighted by Gasteiger charge is -2.28. The van der Waals surface area contributed by atoms with Gasteiger partial charge in [0.25, 0.3) is 0 Å². The van der Waals surface area contributed by atoms with Crippen LogP contribution in [0.5, 0.6) is 0 Å². The summed E-state index contributed by atoms with van der Waals surface area (Å²) in [5.74, 6) is 0.141. The summed E-state index contributed by atoms with van der Waals surface area (Å²) in [5.41, 5.74) is -0.0420. The van der Waals surface area contributed by atoms with Crippen molar-refractivity contribution in [2.75, 3.05) is 6.54 Å². The van der Waals surface area contributed by atoms with Gasteiger partial charge in [-0.05, 0) is 40.5 Å². The molecule has 1 atom stereocenters. The van der Waals surface area contributed by atoms with Gasteiger partial charge in [0.1, 0.15) is 0 Å². The predicted molar refractivity (Wildman–Crippen MR) is 70.4 cm³/mol. The van der Waals surface area contributed by atoms with E-state index in [0.717, 1.165) is 0 Å². The lowest BCUT2D eigenvalue weighted by atomic mass is 10.1. The lowest BCUT2D eigenvalue weighted by Crippen LogP contribution is -2.46. The third-order valence-corrected chi connectivity index (χ3v) is 5.53. The van der Waals surface area contributed by atoms with Crippen LogP contribution in [0.4, 0.5) is 0 Å². The van der Waals surface area contributed by atoms with E-state index in [1.807, 2.05) is 34.6 Å². The third kappa shape index (κ3) is 4.83. The van der Waals surface area contributed by atoms with E-state index in [9.17, 15) is 8.42 Å². The Balaban J connectivity index is 4.78. The molecule has 0 rings (SSSR count). The molecule has 0 saturated heterocycles. The zero-order valence-electron chi connectivity index (χ0n) is 11.7. The highest BCUT2D eigenvalue weighted by Crippen LogP contribution is 2.17. The maximum absolute atomic E-state index is 12.1. The quantitative estimate of drug-likeness (QED) is 0.812. The molecule has 0 fully saturated rings. The first-order valence-corrected chi connectivity index (χ1v) is 7.57. The highest BCUT2D eigenvalue weighted by atomic mass is 32.2. The number of hydrogen-bond donors (Lipinski definition) is 1. The van der Waals surface area contributed by atoms with E-state index in [4.69, 9.17) is 0 Å². The van der Waals surface area contributed by atoms with Crippen molar-refractivity contribution in [1.29, 1.82) is 0 Å². The summed E-state index contributed by atoms with van der Waals surface area (Å²) in [6, 6.07) is 0. The van der Waals surface area contributed by atoms with E-state index in [1.54, 1.807) is 13.8 Å². The third-order valence-electron chi connectivity index (χ3n) is 2.66. The molecule has 0 bridgehead atoms. The Morgan fingerprint density at radius 1 is 1.06 bits per heavy atom. The smallest absolute Gasteiger partial charge is 0.156 e. The highest BCUT2D eigenvalue weighted by Gasteiger charge is 2.31. The van der Waals surface area contributed by atoms with Crippen LogP contribution >= 0.6 is 0 Å². The van der Waals surface area contributed by atoms with Crippen molar-refractivity contribution in [3.63, 3.8) is 0 Å². The summed E-state index contributed by atoms with van der Waals surface area (Å²) < 4.78 is 24.3. The van der Waals surface area contributed by atoms with E-state index in [1.165, 1.54) is 0 Å². The average molecular weight is 249 g/mol. The standard InChI is InChI=1S/C12H27NO2S/c1-9(2)11(8-13-12(5,6)7)16(14,15)10(3)4/h9-11,13H,8H2,1-7H3. The Bertz CT molecular complexity index is 299. The zero-order chi connectivity index (χ0) is 13.1. The first-order chi connectivity index (χ1) is 6.98. The fourth-order valence-electron chi connectivity index (χ4n) is 1.49. The van der Waals surface area contributed by atoms with Gasteiger partial charge in [-0.2, -0.15) is 0 Å². The van der Waals surface area contributed by atoms with Crippen LogP contribution in [0.25, 0.3) is 0 Å². The number of nitrogens with one attached hydrogen (secondary N) is 1. The van der Waals surface area contributed by atoms with Gasteiger partial charge >= 0.3 is 0 Å². The van der Waals surface area contributed by atoms with Gasteiger partial charge in [-0.3, -0.25) is 0 Å². The molecule has 0 radical (unpaired) electrons. The molecule has 1 unspecified atom stereocenters. The Labute approximate surface area is 101 Å². The van der Waals surface area contributed by atoms with Gasteiger partial charge in [0.05, 0.1) is 10.5 Å². The maximum atomic E-state index is 12.1. The number of sulfone groups is 1. The first kappa shape index (κ1) is 15.9. The average Bonchev–Trinajstić information content (AvgIpc) is 2.00. The first-order valence-electron chi connectivity index (χ1n) is 5.96. The van der Waals surface area contributed by atoms with Crippen molar-refractivity contribution in [2.24, 2.45) is 5.92 Å². The monoisotopic (exact) mass is 249 g/mol. The molecule has 0 amide bonds. The van der Waals surface area contributed by atoms with Crippen LogP contribution in [0.3, 0.4) is 0 Å². The second kappa shape index (κ2) is 5.50. The van der Waals surface area contributed by atoms with Crippen molar-refractivity contribution >= 4 is 9.84 Å².